The molecule has 1 heterocycles. The van der Waals surface area contributed by atoms with Crippen molar-refractivity contribution in [3.8, 4) is 22.6 Å². The van der Waals surface area contributed by atoms with Gasteiger partial charge in [0, 0.05) is 22.8 Å². The van der Waals surface area contributed by atoms with Gasteiger partial charge in [-0.05, 0) is 16.7 Å². The first-order chi connectivity index (χ1) is 18.6. The molecule has 1 aromatic heterocycles. The molecule has 0 saturated carbocycles. The van der Waals surface area contributed by atoms with E-state index in [-0.39, 0.29) is 12.4 Å². The number of hydrogen-bond acceptors (Lipinski definition) is 6. The van der Waals surface area contributed by atoms with Crippen LogP contribution in [-0.4, -0.2) is 32.2 Å². The number of hydrogen-bond donors (Lipinski definition) is 3. The second-order valence-corrected chi connectivity index (χ2v) is 10.0. The molecule has 3 atom stereocenters. The molecule has 3 unspecified atom stereocenters. The number of nitrogens with zero attached hydrogens (tertiary/aromatic N) is 1. The summed E-state index contributed by atoms with van der Waals surface area (Å²) in [5.41, 5.74) is 4.90. The minimum atomic E-state index is -0.940. The average molecular weight is 524 g/mol. The van der Waals surface area contributed by atoms with Crippen molar-refractivity contribution in [2.24, 2.45) is 0 Å². The summed E-state index contributed by atoms with van der Waals surface area (Å²) in [6, 6.07) is 36.4. The highest BCUT2D eigenvalue weighted by Crippen LogP contribution is 2.39. The molecule has 0 saturated heterocycles. The predicted octanol–water partition coefficient (Wildman–Crippen LogP) is 6.47. The van der Waals surface area contributed by atoms with Crippen LogP contribution in [0.5, 0.6) is 0 Å². The number of aliphatic hydroxyl groups is 3. The lowest BCUT2D eigenvalue weighted by molar-refractivity contribution is 0.0641. The SMILES string of the molecule is OCc1ccc(C(O)C(c2ccccc2)C(O)CSc2nc(-c3ccccc3)c(-c3ccccc3)o2)cc1. The van der Waals surface area contributed by atoms with Gasteiger partial charge < -0.3 is 19.7 Å². The van der Waals surface area contributed by atoms with Gasteiger partial charge in [-0.25, -0.2) is 4.98 Å². The molecule has 5 rings (SSSR count). The average Bonchev–Trinajstić information content (AvgIpc) is 3.42. The molecule has 5 aromatic rings. The Labute approximate surface area is 226 Å². The number of aromatic nitrogens is 1. The number of thioether (sulfide) groups is 1. The Morgan fingerprint density at radius 3 is 1.87 bits per heavy atom. The van der Waals surface area contributed by atoms with Gasteiger partial charge in [0.2, 0.25) is 0 Å². The van der Waals surface area contributed by atoms with Crippen molar-refractivity contribution >= 4 is 11.8 Å². The summed E-state index contributed by atoms with van der Waals surface area (Å²) in [6.07, 6.45) is -1.83. The van der Waals surface area contributed by atoms with Crippen LogP contribution in [-0.2, 0) is 6.61 Å². The van der Waals surface area contributed by atoms with Crippen LogP contribution in [0.4, 0.5) is 0 Å². The molecule has 192 valence electrons. The van der Waals surface area contributed by atoms with E-state index >= 15 is 0 Å². The Bertz CT molecular complexity index is 1370. The van der Waals surface area contributed by atoms with Crippen LogP contribution in [0.1, 0.15) is 28.7 Å². The third-order valence-electron chi connectivity index (χ3n) is 6.51. The van der Waals surface area contributed by atoms with Crippen LogP contribution in [0, 0.1) is 0 Å². The molecule has 4 aromatic carbocycles. The highest BCUT2D eigenvalue weighted by molar-refractivity contribution is 7.99. The summed E-state index contributed by atoms with van der Waals surface area (Å²) >= 11 is 1.32. The van der Waals surface area contributed by atoms with E-state index in [0.717, 1.165) is 27.9 Å². The minimum Gasteiger partial charge on any atom is -0.431 e. The molecule has 0 radical (unpaired) electrons. The van der Waals surface area contributed by atoms with Crippen LogP contribution in [0.2, 0.25) is 0 Å². The monoisotopic (exact) mass is 523 g/mol. The van der Waals surface area contributed by atoms with E-state index in [0.29, 0.717) is 16.5 Å². The molecule has 3 N–H and O–H groups in total. The van der Waals surface area contributed by atoms with Gasteiger partial charge in [0.15, 0.2) is 5.76 Å². The van der Waals surface area contributed by atoms with Gasteiger partial charge >= 0.3 is 0 Å². The third-order valence-corrected chi connectivity index (χ3v) is 7.44. The van der Waals surface area contributed by atoms with E-state index in [2.05, 4.69) is 0 Å². The fraction of sp³-hybridized carbons (Fsp3) is 0.156. The summed E-state index contributed by atoms with van der Waals surface area (Å²) < 4.78 is 6.22. The molecule has 5 nitrogen and oxygen atoms in total. The Hall–Kier alpha value is -3.68. The van der Waals surface area contributed by atoms with Gasteiger partial charge in [-0.3, -0.25) is 0 Å². The topological polar surface area (TPSA) is 86.7 Å². The predicted molar refractivity (Wildman–Crippen MR) is 151 cm³/mol. The van der Waals surface area contributed by atoms with Gasteiger partial charge in [-0.15, -0.1) is 0 Å². The van der Waals surface area contributed by atoms with Crippen molar-refractivity contribution in [1.82, 2.24) is 4.98 Å². The smallest absolute Gasteiger partial charge is 0.256 e. The van der Waals surface area contributed by atoms with Crippen LogP contribution in [0.25, 0.3) is 22.6 Å². The molecule has 0 bridgehead atoms. The quantitative estimate of drug-likeness (QED) is 0.182. The lowest BCUT2D eigenvalue weighted by Gasteiger charge is -2.28. The van der Waals surface area contributed by atoms with Crippen LogP contribution >= 0.6 is 11.8 Å². The highest BCUT2D eigenvalue weighted by Gasteiger charge is 2.30. The third kappa shape index (κ3) is 5.90. The van der Waals surface area contributed by atoms with E-state index in [4.69, 9.17) is 9.40 Å². The van der Waals surface area contributed by atoms with E-state index in [9.17, 15) is 15.3 Å². The van der Waals surface area contributed by atoms with Gasteiger partial charge in [0.05, 0.1) is 18.8 Å². The molecule has 38 heavy (non-hydrogen) atoms. The number of benzene rings is 4. The van der Waals surface area contributed by atoms with E-state index in [1.54, 1.807) is 24.3 Å². The maximum atomic E-state index is 11.4. The molecule has 0 aliphatic carbocycles. The zero-order valence-corrected chi connectivity index (χ0v) is 21.5. The highest BCUT2D eigenvalue weighted by atomic mass is 32.2. The normalized spacial score (nSPS) is 13.7. The summed E-state index contributed by atoms with van der Waals surface area (Å²) in [7, 11) is 0. The van der Waals surface area contributed by atoms with Crippen molar-refractivity contribution in [2.75, 3.05) is 5.75 Å². The Morgan fingerprint density at radius 2 is 1.26 bits per heavy atom. The summed E-state index contributed by atoms with van der Waals surface area (Å²) in [6.45, 7) is -0.0656. The number of aliphatic hydroxyl groups excluding tert-OH is 3. The van der Waals surface area contributed by atoms with Crippen molar-refractivity contribution in [3.63, 3.8) is 0 Å². The van der Waals surface area contributed by atoms with Crippen LogP contribution in [0.15, 0.2) is 125 Å². The van der Waals surface area contributed by atoms with Crippen molar-refractivity contribution in [2.45, 2.75) is 30.0 Å². The molecule has 6 heteroatoms. The van der Waals surface area contributed by atoms with Gasteiger partial charge in [0.25, 0.3) is 5.22 Å². The zero-order valence-electron chi connectivity index (χ0n) is 20.7. The molecule has 0 spiro atoms. The zero-order chi connectivity index (χ0) is 26.3. The summed E-state index contributed by atoms with van der Waals surface area (Å²) in [4.78, 5) is 4.78. The van der Waals surface area contributed by atoms with E-state index in [1.165, 1.54) is 11.8 Å². The summed E-state index contributed by atoms with van der Waals surface area (Å²) in [5, 5.41) is 32.5. The fourth-order valence-corrected chi connectivity index (χ4v) is 5.34. The van der Waals surface area contributed by atoms with Crippen molar-refractivity contribution in [1.29, 1.82) is 0 Å². The van der Waals surface area contributed by atoms with Gasteiger partial charge in [-0.2, -0.15) is 0 Å². The van der Waals surface area contributed by atoms with Gasteiger partial charge in [-0.1, -0.05) is 127 Å². The first kappa shape index (κ1) is 25.9. The Balaban J connectivity index is 1.41. The molecule has 0 aliphatic heterocycles. The first-order valence-corrected chi connectivity index (χ1v) is 13.5. The van der Waals surface area contributed by atoms with Crippen LogP contribution in [0.3, 0.4) is 0 Å². The molecule has 0 amide bonds. The maximum Gasteiger partial charge on any atom is 0.256 e. The Morgan fingerprint density at radius 1 is 0.684 bits per heavy atom. The second kappa shape index (κ2) is 12.2. The molecule has 0 aliphatic rings. The number of oxazole rings is 1. The lowest BCUT2D eigenvalue weighted by atomic mass is 9.85. The molecular weight excluding hydrogens is 494 g/mol. The van der Waals surface area contributed by atoms with E-state index < -0.39 is 18.1 Å². The lowest BCUT2D eigenvalue weighted by Crippen LogP contribution is -2.27. The first-order valence-electron chi connectivity index (χ1n) is 12.5. The largest absolute Gasteiger partial charge is 0.431 e. The van der Waals surface area contributed by atoms with Crippen molar-refractivity contribution in [3.05, 3.63) is 132 Å². The Kier molecular flexibility index (Phi) is 8.36. The van der Waals surface area contributed by atoms with E-state index in [1.807, 2.05) is 91.0 Å². The second-order valence-electron chi connectivity index (χ2n) is 9.05. The number of rotatable bonds is 10. The minimum absolute atomic E-state index is 0.0656. The van der Waals surface area contributed by atoms with Crippen LogP contribution < -0.4 is 0 Å². The van der Waals surface area contributed by atoms with Crippen molar-refractivity contribution < 1.29 is 19.7 Å². The van der Waals surface area contributed by atoms with Gasteiger partial charge in [0.1, 0.15) is 5.69 Å². The molecular formula is C32H29NO4S. The molecule has 0 fully saturated rings. The fourth-order valence-electron chi connectivity index (χ4n) is 4.52. The summed E-state index contributed by atoms with van der Waals surface area (Å²) in [5.74, 6) is 0.382. The maximum absolute atomic E-state index is 11.4. The standard InChI is InChI=1S/C32H29NO4S/c34-20-22-16-18-25(19-17-22)30(36)28(23-10-4-1-5-11-23)27(35)21-38-32-33-29(24-12-6-2-7-13-24)31(37-32)26-14-8-3-9-15-26/h1-19,27-28,30,34-36H,20-21H2.